The molecule has 2 heterocycles. The van der Waals surface area contributed by atoms with Crippen LogP contribution in [0.15, 0.2) is 18.5 Å². The van der Waals surface area contributed by atoms with E-state index in [2.05, 4.69) is 20.2 Å². The SMILES string of the molecule is C[C@@H](O)c1nnc(-c2ncccn2)s1. The first-order chi connectivity index (χ1) is 6.77. The molecule has 2 rings (SSSR count). The number of rotatable bonds is 2. The highest BCUT2D eigenvalue weighted by Gasteiger charge is 2.11. The topological polar surface area (TPSA) is 71.8 Å². The Bertz CT molecular complexity index is 414. The van der Waals surface area contributed by atoms with Crippen LogP contribution in [0, 0.1) is 0 Å². The van der Waals surface area contributed by atoms with Gasteiger partial charge in [-0.15, -0.1) is 10.2 Å². The van der Waals surface area contributed by atoms with E-state index in [-0.39, 0.29) is 0 Å². The molecule has 0 saturated heterocycles. The molecule has 1 N–H and O–H groups in total. The van der Waals surface area contributed by atoms with Gasteiger partial charge >= 0.3 is 0 Å². The number of nitrogens with zero attached hydrogens (tertiary/aromatic N) is 4. The van der Waals surface area contributed by atoms with Crippen LogP contribution in [0.1, 0.15) is 18.0 Å². The Kier molecular flexibility index (Phi) is 2.47. The van der Waals surface area contributed by atoms with Gasteiger partial charge in [-0.1, -0.05) is 11.3 Å². The minimum atomic E-state index is -0.593. The Morgan fingerprint density at radius 2 is 2.00 bits per heavy atom. The lowest BCUT2D eigenvalue weighted by atomic mass is 10.4. The molecular formula is C8H8N4OS. The summed E-state index contributed by atoms with van der Waals surface area (Å²) >= 11 is 1.30. The van der Waals surface area contributed by atoms with E-state index in [4.69, 9.17) is 0 Å². The third kappa shape index (κ3) is 1.75. The molecule has 0 spiro atoms. The lowest BCUT2D eigenvalue weighted by Gasteiger charge is -1.93. The van der Waals surface area contributed by atoms with Crippen LogP contribution in [0.3, 0.4) is 0 Å². The van der Waals surface area contributed by atoms with Crippen molar-refractivity contribution in [2.24, 2.45) is 0 Å². The lowest BCUT2D eigenvalue weighted by molar-refractivity contribution is 0.198. The number of aliphatic hydroxyl groups excluding tert-OH is 1. The molecule has 0 aliphatic carbocycles. The van der Waals surface area contributed by atoms with Crippen molar-refractivity contribution in [3.8, 4) is 10.8 Å². The van der Waals surface area contributed by atoms with Crippen molar-refractivity contribution in [2.75, 3.05) is 0 Å². The summed E-state index contributed by atoms with van der Waals surface area (Å²) in [5.41, 5.74) is 0. The third-order valence-electron chi connectivity index (χ3n) is 1.56. The summed E-state index contributed by atoms with van der Waals surface area (Å²) in [5.74, 6) is 0.539. The number of hydrogen-bond donors (Lipinski definition) is 1. The van der Waals surface area contributed by atoms with Crippen molar-refractivity contribution in [3.05, 3.63) is 23.5 Å². The monoisotopic (exact) mass is 208 g/mol. The average Bonchev–Trinajstić information content (AvgIpc) is 2.68. The van der Waals surface area contributed by atoms with Crippen LogP contribution in [0.25, 0.3) is 10.8 Å². The zero-order chi connectivity index (χ0) is 9.97. The molecule has 5 nitrogen and oxygen atoms in total. The first-order valence-electron chi connectivity index (χ1n) is 4.06. The Morgan fingerprint density at radius 3 is 2.57 bits per heavy atom. The van der Waals surface area contributed by atoms with Crippen LogP contribution in [0.5, 0.6) is 0 Å². The van der Waals surface area contributed by atoms with E-state index >= 15 is 0 Å². The Labute approximate surface area is 84.5 Å². The van der Waals surface area contributed by atoms with Crippen molar-refractivity contribution in [1.82, 2.24) is 20.2 Å². The minimum absolute atomic E-state index is 0.539. The van der Waals surface area contributed by atoms with Gasteiger partial charge in [0.05, 0.1) is 0 Å². The predicted octanol–water partition coefficient (Wildman–Crippen LogP) is 1.05. The second-order valence-electron chi connectivity index (χ2n) is 2.69. The fraction of sp³-hybridized carbons (Fsp3) is 0.250. The largest absolute Gasteiger partial charge is 0.386 e. The maximum atomic E-state index is 9.25. The van der Waals surface area contributed by atoms with Gasteiger partial charge in [0.1, 0.15) is 11.1 Å². The minimum Gasteiger partial charge on any atom is -0.386 e. The van der Waals surface area contributed by atoms with E-state index in [1.54, 1.807) is 25.4 Å². The van der Waals surface area contributed by atoms with E-state index in [1.165, 1.54) is 11.3 Å². The van der Waals surface area contributed by atoms with Crippen LogP contribution in [-0.4, -0.2) is 25.3 Å². The molecule has 0 aliphatic heterocycles. The number of aliphatic hydroxyl groups is 1. The van der Waals surface area contributed by atoms with Gasteiger partial charge in [-0.05, 0) is 13.0 Å². The molecule has 0 bridgehead atoms. The van der Waals surface area contributed by atoms with Crippen molar-refractivity contribution < 1.29 is 5.11 Å². The summed E-state index contributed by atoms with van der Waals surface area (Å²) in [5, 5.41) is 18.2. The summed E-state index contributed by atoms with van der Waals surface area (Å²) in [4.78, 5) is 8.07. The van der Waals surface area contributed by atoms with E-state index in [9.17, 15) is 5.11 Å². The number of hydrogen-bond acceptors (Lipinski definition) is 6. The van der Waals surface area contributed by atoms with Crippen molar-refractivity contribution in [1.29, 1.82) is 0 Å². The van der Waals surface area contributed by atoms with Gasteiger partial charge in [0.2, 0.25) is 0 Å². The molecule has 0 amide bonds. The quantitative estimate of drug-likeness (QED) is 0.798. The zero-order valence-corrected chi connectivity index (χ0v) is 8.27. The Hall–Kier alpha value is -1.40. The maximum absolute atomic E-state index is 9.25. The number of aromatic nitrogens is 4. The van der Waals surface area contributed by atoms with Crippen LogP contribution >= 0.6 is 11.3 Å². The highest BCUT2D eigenvalue weighted by atomic mass is 32.1. The maximum Gasteiger partial charge on any atom is 0.190 e. The third-order valence-corrected chi connectivity index (χ3v) is 2.64. The van der Waals surface area contributed by atoms with Crippen LogP contribution < -0.4 is 0 Å². The summed E-state index contributed by atoms with van der Waals surface area (Å²) in [6.45, 7) is 1.65. The van der Waals surface area contributed by atoms with Gasteiger partial charge in [-0.3, -0.25) is 0 Å². The van der Waals surface area contributed by atoms with E-state index in [0.29, 0.717) is 15.8 Å². The summed E-state index contributed by atoms with van der Waals surface area (Å²) in [6.07, 6.45) is 2.70. The molecule has 2 aromatic rings. The molecule has 0 fully saturated rings. The molecule has 72 valence electrons. The molecule has 0 saturated carbocycles. The highest BCUT2D eigenvalue weighted by molar-refractivity contribution is 7.14. The average molecular weight is 208 g/mol. The van der Waals surface area contributed by atoms with Crippen LogP contribution in [0.4, 0.5) is 0 Å². The summed E-state index contributed by atoms with van der Waals surface area (Å²) in [7, 11) is 0. The zero-order valence-electron chi connectivity index (χ0n) is 7.45. The molecule has 0 aromatic carbocycles. The first kappa shape index (κ1) is 9.17. The smallest absolute Gasteiger partial charge is 0.190 e. The van der Waals surface area contributed by atoms with E-state index in [0.717, 1.165) is 0 Å². The van der Waals surface area contributed by atoms with E-state index in [1.807, 2.05) is 0 Å². The van der Waals surface area contributed by atoms with E-state index < -0.39 is 6.10 Å². The molecule has 14 heavy (non-hydrogen) atoms. The van der Waals surface area contributed by atoms with Crippen molar-refractivity contribution in [2.45, 2.75) is 13.0 Å². The molecule has 0 unspecified atom stereocenters. The fourth-order valence-corrected chi connectivity index (χ4v) is 1.63. The van der Waals surface area contributed by atoms with Gasteiger partial charge in [0.25, 0.3) is 0 Å². The standard InChI is InChI=1S/C8H8N4OS/c1-5(13)7-11-12-8(14-7)6-9-3-2-4-10-6/h2-5,13H,1H3/t5-/m1/s1. The molecule has 0 radical (unpaired) electrons. The van der Waals surface area contributed by atoms with Gasteiger partial charge in [0.15, 0.2) is 10.8 Å². The molecular weight excluding hydrogens is 200 g/mol. The summed E-state index contributed by atoms with van der Waals surface area (Å²) in [6, 6.07) is 1.74. The van der Waals surface area contributed by atoms with Gasteiger partial charge < -0.3 is 5.11 Å². The normalized spacial score (nSPS) is 12.7. The lowest BCUT2D eigenvalue weighted by Crippen LogP contribution is -1.88. The van der Waals surface area contributed by atoms with Crippen molar-refractivity contribution in [3.63, 3.8) is 0 Å². The molecule has 6 heteroatoms. The highest BCUT2D eigenvalue weighted by Crippen LogP contribution is 2.23. The molecule has 0 aliphatic rings. The molecule has 2 aromatic heterocycles. The van der Waals surface area contributed by atoms with Gasteiger partial charge in [-0.25, -0.2) is 9.97 Å². The molecule has 1 atom stereocenters. The second kappa shape index (κ2) is 3.77. The fourth-order valence-electron chi connectivity index (χ4n) is 0.903. The predicted molar refractivity (Wildman–Crippen MR) is 51.6 cm³/mol. The van der Waals surface area contributed by atoms with Gasteiger partial charge in [0, 0.05) is 12.4 Å². The van der Waals surface area contributed by atoms with Gasteiger partial charge in [-0.2, -0.15) is 0 Å². The van der Waals surface area contributed by atoms with Crippen LogP contribution in [0.2, 0.25) is 0 Å². The summed E-state index contributed by atoms with van der Waals surface area (Å²) < 4.78 is 0. The Morgan fingerprint density at radius 1 is 1.29 bits per heavy atom. The van der Waals surface area contributed by atoms with Crippen molar-refractivity contribution >= 4 is 11.3 Å². The first-order valence-corrected chi connectivity index (χ1v) is 4.88. The second-order valence-corrected chi connectivity index (χ2v) is 3.70. The van der Waals surface area contributed by atoms with Crippen LogP contribution in [-0.2, 0) is 0 Å². The Balaban J connectivity index is 2.34.